The Morgan fingerprint density at radius 2 is 1.86 bits per heavy atom. The van der Waals surface area contributed by atoms with Crippen molar-refractivity contribution in [3.8, 4) is 0 Å². The zero-order valence-corrected chi connectivity index (χ0v) is 13.0. The minimum atomic E-state index is -0.703. The van der Waals surface area contributed by atoms with Crippen molar-refractivity contribution in [1.82, 2.24) is 9.97 Å². The van der Waals surface area contributed by atoms with E-state index in [1.54, 1.807) is 6.33 Å². The molecule has 1 fully saturated rings. The first-order chi connectivity index (χ1) is 10.2. The Hall–Kier alpha value is -1.40. The Labute approximate surface area is 126 Å². The third-order valence-corrected chi connectivity index (χ3v) is 3.85. The number of hydrogen-bond acceptors (Lipinski definition) is 6. The van der Waals surface area contributed by atoms with Crippen molar-refractivity contribution >= 4 is 11.6 Å². The van der Waals surface area contributed by atoms with E-state index in [9.17, 15) is 5.11 Å². The zero-order chi connectivity index (χ0) is 15.1. The smallest absolute Gasteiger partial charge is 0.134 e. The maximum Gasteiger partial charge on any atom is 0.134 e. The van der Waals surface area contributed by atoms with Gasteiger partial charge in [-0.05, 0) is 12.8 Å². The number of ether oxygens (including phenoxy) is 1. The molecule has 2 rings (SSSR count). The SMILES string of the molecule is CCCNc1ncnc(NCC2(O)CCOCC2)c1CC. The van der Waals surface area contributed by atoms with Crippen molar-refractivity contribution < 1.29 is 9.84 Å². The van der Waals surface area contributed by atoms with E-state index in [-0.39, 0.29) is 0 Å². The molecule has 6 heteroatoms. The molecular formula is C15H26N4O2. The number of nitrogens with one attached hydrogen (secondary N) is 2. The van der Waals surface area contributed by atoms with Gasteiger partial charge < -0.3 is 20.5 Å². The van der Waals surface area contributed by atoms with E-state index in [4.69, 9.17) is 4.74 Å². The fourth-order valence-corrected chi connectivity index (χ4v) is 2.47. The van der Waals surface area contributed by atoms with Gasteiger partial charge >= 0.3 is 0 Å². The molecule has 21 heavy (non-hydrogen) atoms. The minimum Gasteiger partial charge on any atom is -0.388 e. The van der Waals surface area contributed by atoms with Crippen molar-refractivity contribution in [3.05, 3.63) is 11.9 Å². The summed E-state index contributed by atoms with van der Waals surface area (Å²) in [6.45, 7) is 6.83. The van der Waals surface area contributed by atoms with Gasteiger partial charge in [-0.1, -0.05) is 13.8 Å². The Morgan fingerprint density at radius 3 is 2.48 bits per heavy atom. The Bertz CT molecular complexity index is 447. The summed E-state index contributed by atoms with van der Waals surface area (Å²) in [4.78, 5) is 8.64. The highest BCUT2D eigenvalue weighted by atomic mass is 16.5. The highest BCUT2D eigenvalue weighted by Crippen LogP contribution is 2.24. The first-order valence-corrected chi connectivity index (χ1v) is 7.80. The summed E-state index contributed by atoms with van der Waals surface area (Å²) in [5.74, 6) is 1.70. The molecular weight excluding hydrogens is 268 g/mol. The molecule has 0 amide bonds. The van der Waals surface area contributed by atoms with E-state index in [0.29, 0.717) is 32.6 Å². The molecule has 0 atom stereocenters. The van der Waals surface area contributed by atoms with Gasteiger partial charge in [-0.3, -0.25) is 0 Å². The standard InChI is InChI=1S/C15H26N4O2/c1-3-7-16-13-12(4-2)14(19-11-18-13)17-10-15(20)5-8-21-9-6-15/h11,20H,3-10H2,1-2H3,(H2,16,17,18,19). The van der Waals surface area contributed by atoms with Gasteiger partial charge in [0.15, 0.2) is 0 Å². The van der Waals surface area contributed by atoms with E-state index in [1.165, 1.54) is 0 Å². The van der Waals surface area contributed by atoms with Crippen molar-refractivity contribution in [2.45, 2.75) is 45.1 Å². The van der Waals surface area contributed by atoms with Crippen molar-refractivity contribution in [2.75, 3.05) is 36.9 Å². The maximum absolute atomic E-state index is 10.5. The van der Waals surface area contributed by atoms with Gasteiger partial charge in [0.05, 0.1) is 5.60 Å². The molecule has 0 aliphatic carbocycles. The topological polar surface area (TPSA) is 79.3 Å². The third-order valence-electron chi connectivity index (χ3n) is 3.85. The predicted octanol–water partition coefficient (Wildman–Crippen LogP) is 1.81. The fourth-order valence-electron chi connectivity index (χ4n) is 2.47. The average molecular weight is 294 g/mol. The fraction of sp³-hybridized carbons (Fsp3) is 0.733. The van der Waals surface area contributed by atoms with Crippen LogP contribution in [0.4, 0.5) is 11.6 Å². The number of aliphatic hydroxyl groups is 1. The average Bonchev–Trinajstić information content (AvgIpc) is 2.51. The van der Waals surface area contributed by atoms with Gasteiger partial charge in [-0.25, -0.2) is 9.97 Å². The summed E-state index contributed by atoms with van der Waals surface area (Å²) in [5.41, 5.74) is 0.368. The summed E-state index contributed by atoms with van der Waals surface area (Å²) >= 11 is 0. The predicted molar refractivity (Wildman–Crippen MR) is 83.7 cm³/mol. The molecule has 3 N–H and O–H groups in total. The first-order valence-electron chi connectivity index (χ1n) is 7.80. The molecule has 0 radical (unpaired) electrons. The molecule has 118 valence electrons. The Balaban J connectivity index is 2.04. The first kappa shape index (κ1) is 16.0. The van der Waals surface area contributed by atoms with Crippen molar-refractivity contribution in [2.24, 2.45) is 0 Å². The molecule has 0 bridgehead atoms. The van der Waals surface area contributed by atoms with Gasteiger partial charge in [0.2, 0.25) is 0 Å². The van der Waals surface area contributed by atoms with Gasteiger partial charge in [-0.15, -0.1) is 0 Å². The lowest BCUT2D eigenvalue weighted by atomic mass is 9.94. The molecule has 2 heterocycles. The lowest BCUT2D eigenvalue weighted by Gasteiger charge is -2.32. The molecule has 0 saturated carbocycles. The summed E-state index contributed by atoms with van der Waals surface area (Å²) in [5, 5.41) is 17.1. The van der Waals surface area contributed by atoms with Crippen LogP contribution >= 0.6 is 0 Å². The monoisotopic (exact) mass is 294 g/mol. The van der Waals surface area contributed by atoms with Gasteiger partial charge in [0.1, 0.15) is 18.0 Å². The molecule has 1 saturated heterocycles. The van der Waals surface area contributed by atoms with E-state index in [2.05, 4.69) is 34.4 Å². The molecule has 0 spiro atoms. The summed E-state index contributed by atoms with van der Waals surface area (Å²) in [6.07, 6.45) is 4.78. The molecule has 1 aliphatic heterocycles. The number of rotatable bonds is 7. The van der Waals surface area contributed by atoms with Crippen molar-refractivity contribution in [1.29, 1.82) is 0 Å². The minimum absolute atomic E-state index is 0.494. The zero-order valence-electron chi connectivity index (χ0n) is 13.0. The van der Waals surface area contributed by atoms with Gasteiger partial charge in [0, 0.05) is 44.7 Å². The summed E-state index contributed by atoms with van der Waals surface area (Å²) in [7, 11) is 0. The van der Waals surface area contributed by atoms with Crippen LogP contribution in [0.3, 0.4) is 0 Å². The quantitative estimate of drug-likeness (QED) is 0.712. The number of nitrogens with zero attached hydrogens (tertiary/aromatic N) is 2. The van der Waals surface area contributed by atoms with Crippen LogP contribution in [0.5, 0.6) is 0 Å². The molecule has 6 nitrogen and oxygen atoms in total. The summed E-state index contributed by atoms with van der Waals surface area (Å²) in [6, 6.07) is 0. The van der Waals surface area contributed by atoms with E-state index in [0.717, 1.165) is 36.6 Å². The number of hydrogen-bond donors (Lipinski definition) is 3. The molecule has 0 aromatic carbocycles. The lowest BCUT2D eigenvalue weighted by molar-refractivity contribution is -0.0543. The Morgan fingerprint density at radius 1 is 1.19 bits per heavy atom. The second-order valence-corrected chi connectivity index (χ2v) is 5.52. The van der Waals surface area contributed by atoms with Crippen LogP contribution in [-0.2, 0) is 11.2 Å². The lowest BCUT2D eigenvalue weighted by Crippen LogP contribution is -2.42. The summed E-state index contributed by atoms with van der Waals surface area (Å²) < 4.78 is 5.30. The van der Waals surface area contributed by atoms with Crippen molar-refractivity contribution in [3.63, 3.8) is 0 Å². The van der Waals surface area contributed by atoms with E-state index < -0.39 is 5.60 Å². The van der Waals surface area contributed by atoms with E-state index >= 15 is 0 Å². The number of aromatic nitrogens is 2. The molecule has 0 unspecified atom stereocenters. The number of anilines is 2. The molecule has 1 aromatic rings. The van der Waals surface area contributed by atoms with Crippen LogP contribution in [0.15, 0.2) is 6.33 Å². The van der Waals surface area contributed by atoms with Crippen LogP contribution in [0.25, 0.3) is 0 Å². The third kappa shape index (κ3) is 4.28. The molecule has 1 aliphatic rings. The normalized spacial score (nSPS) is 17.5. The highest BCUT2D eigenvalue weighted by Gasteiger charge is 2.29. The second-order valence-electron chi connectivity index (χ2n) is 5.52. The van der Waals surface area contributed by atoms with Crippen LogP contribution in [0.2, 0.25) is 0 Å². The van der Waals surface area contributed by atoms with Gasteiger partial charge in [-0.2, -0.15) is 0 Å². The van der Waals surface area contributed by atoms with Gasteiger partial charge in [0.25, 0.3) is 0 Å². The Kier molecular flexibility index (Phi) is 5.76. The largest absolute Gasteiger partial charge is 0.388 e. The highest BCUT2D eigenvalue weighted by molar-refractivity contribution is 5.57. The molecule has 1 aromatic heterocycles. The van der Waals surface area contributed by atoms with Crippen LogP contribution < -0.4 is 10.6 Å². The second kappa shape index (κ2) is 7.56. The van der Waals surface area contributed by atoms with Crippen LogP contribution in [0.1, 0.15) is 38.7 Å². The maximum atomic E-state index is 10.5. The van der Waals surface area contributed by atoms with Crippen LogP contribution in [-0.4, -0.2) is 47.0 Å². The van der Waals surface area contributed by atoms with Crippen LogP contribution in [0, 0.1) is 0 Å². The van der Waals surface area contributed by atoms with E-state index in [1.807, 2.05) is 0 Å².